The molecule has 0 radical (unpaired) electrons. The quantitative estimate of drug-likeness (QED) is 0.319. The van der Waals surface area contributed by atoms with Crippen LogP contribution in [0.5, 0.6) is 5.75 Å². The van der Waals surface area contributed by atoms with Crippen molar-refractivity contribution in [2.45, 2.75) is 6.18 Å². The van der Waals surface area contributed by atoms with Gasteiger partial charge in [-0.1, -0.05) is 42.5 Å². The molecule has 0 aliphatic rings. The van der Waals surface area contributed by atoms with Gasteiger partial charge in [-0.25, -0.2) is 4.39 Å². The zero-order valence-corrected chi connectivity index (χ0v) is 18.0. The molecule has 2 amide bonds. The first-order valence-electron chi connectivity index (χ1n) is 10.4. The van der Waals surface area contributed by atoms with Gasteiger partial charge in [-0.2, -0.15) is 13.2 Å². The van der Waals surface area contributed by atoms with Crippen LogP contribution < -0.4 is 15.4 Å². The van der Waals surface area contributed by atoms with E-state index in [-0.39, 0.29) is 11.3 Å². The number of ether oxygens (including phenoxy) is 1. The molecule has 0 saturated carbocycles. The minimum atomic E-state index is -4.83. The normalized spacial score (nSPS) is 11.2. The van der Waals surface area contributed by atoms with Crippen LogP contribution in [0, 0.1) is 5.82 Å². The van der Waals surface area contributed by atoms with Gasteiger partial charge in [0.2, 0.25) is 0 Å². The Labute approximate surface area is 197 Å². The van der Waals surface area contributed by atoms with Crippen molar-refractivity contribution in [1.29, 1.82) is 0 Å². The molecule has 0 spiro atoms. The number of carbonyl (C=O) groups is 2. The zero-order chi connectivity index (χ0) is 25.0. The Bertz CT molecular complexity index is 1400. The maximum atomic E-state index is 13.8. The molecule has 178 valence electrons. The van der Waals surface area contributed by atoms with E-state index >= 15 is 0 Å². The third-order valence-corrected chi connectivity index (χ3v) is 5.07. The predicted molar refractivity (Wildman–Crippen MR) is 124 cm³/mol. The maximum absolute atomic E-state index is 13.8. The molecular formula is C26H18F4N2O3. The molecule has 5 nitrogen and oxygen atoms in total. The molecule has 4 rings (SSSR count). The minimum absolute atomic E-state index is 0.212. The maximum Gasteiger partial charge on any atom is 0.418 e. The lowest BCUT2D eigenvalue weighted by Crippen LogP contribution is -2.22. The fraction of sp³-hybridized carbons (Fsp3) is 0.0769. The van der Waals surface area contributed by atoms with Crippen LogP contribution in [0.15, 0.2) is 84.9 Å². The number of fused-ring (bicyclic) bond motifs is 1. The number of hydrogen-bond donors (Lipinski definition) is 2. The van der Waals surface area contributed by atoms with Crippen LogP contribution in [0.2, 0.25) is 0 Å². The molecule has 0 heterocycles. The number of rotatable bonds is 6. The third-order valence-electron chi connectivity index (χ3n) is 5.07. The molecule has 0 aromatic heterocycles. The number of hydrogen-bond acceptors (Lipinski definition) is 3. The van der Waals surface area contributed by atoms with Gasteiger partial charge in [-0.05, 0) is 53.2 Å². The molecule has 0 bridgehead atoms. The van der Waals surface area contributed by atoms with Crippen molar-refractivity contribution in [3.05, 3.63) is 102 Å². The van der Waals surface area contributed by atoms with Gasteiger partial charge in [-0.3, -0.25) is 9.59 Å². The highest BCUT2D eigenvalue weighted by atomic mass is 19.4. The lowest BCUT2D eigenvalue weighted by Gasteiger charge is -2.16. The second kappa shape index (κ2) is 9.84. The summed E-state index contributed by atoms with van der Waals surface area (Å²) in [6.07, 6.45) is -4.83. The highest BCUT2D eigenvalue weighted by Gasteiger charge is 2.34. The van der Waals surface area contributed by atoms with Crippen LogP contribution in [0.1, 0.15) is 15.9 Å². The first-order valence-corrected chi connectivity index (χ1v) is 10.4. The first-order chi connectivity index (χ1) is 16.7. The van der Waals surface area contributed by atoms with Gasteiger partial charge in [0.1, 0.15) is 11.6 Å². The van der Waals surface area contributed by atoms with Gasteiger partial charge in [-0.15, -0.1) is 0 Å². The highest BCUT2D eigenvalue weighted by Crippen LogP contribution is 2.36. The Morgan fingerprint density at radius 2 is 1.51 bits per heavy atom. The van der Waals surface area contributed by atoms with E-state index in [1.165, 1.54) is 24.3 Å². The average molecular weight is 482 g/mol. The van der Waals surface area contributed by atoms with E-state index < -0.39 is 41.7 Å². The van der Waals surface area contributed by atoms with E-state index in [2.05, 4.69) is 10.6 Å². The van der Waals surface area contributed by atoms with Crippen LogP contribution in [0.25, 0.3) is 10.8 Å². The number of amides is 2. The molecule has 4 aromatic rings. The summed E-state index contributed by atoms with van der Waals surface area (Å²) in [6.45, 7) is -0.512. The Hall–Kier alpha value is -4.40. The number of nitrogens with one attached hydrogen (secondary N) is 2. The molecule has 0 unspecified atom stereocenters. The van der Waals surface area contributed by atoms with Crippen molar-refractivity contribution in [1.82, 2.24) is 0 Å². The molecule has 0 saturated heterocycles. The highest BCUT2D eigenvalue weighted by molar-refractivity contribution is 6.04. The SMILES string of the molecule is O=C(COc1ccc2ccccc2c1)Nc1ccc(NC(=O)c2ccccc2F)cc1C(F)(F)F. The minimum Gasteiger partial charge on any atom is -0.484 e. The predicted octanol–water partition coefficient (Wildman–Crippen LogP) is 6.27. The Morgan fingerprint density at radius 3 is 2.26 bits per heavy atom. The van der Waals surface area contributed by atoms with Gasteiger partial charge in [0, 0.05) is 5.69 Å². The van der Waals surface area contributed by atoms with Crippen molar-refractivity contribution in [2.75, 3.05) is 17.2 Å². The van der Waals surface area contributed by atoms with Gasteiger partial charge in [0.25, 0.3) is 11.8 Å². The fourth-order valence-corrected chi connectivity index (χ4v) is 3.40. The Morgan fingerprint density at radius 1 is 0.800 bits per heavy atom. The van der Waals surface area contributed by atoms with Crippen LogP contribution in [-0.4, -0.2) is 18.4 Å². The molecule has 0 fully saturated rings. The molecule has 0 atom stereocenters. The topological polar surface area (TPSA) is 67.4 Å². The molecule has 4 aromatic carbocycles. The zero-order valence-electron chi connectivity index (χ0n) is 18.0. The second-order valence-electron chi connectivity index (χ2n) is 7.54. The average Bonchev–Trinajstić information content (AvgIpc) is 2.83. The summed E-state index contributed by atoms with van der Waals surface area (Å²) < 4.78 is 60.2. The largest absolute Gasteiger partial charge is 0.484 e. The standard InChI is InChI=1S/C26H18F4N2O3/c27-22-8-4-3-7-20(22)25(34)31-18-10-12-23(21(14-18)26(28,29)30)32-24(33)15-35-19-11-9-16-5-1-2-6-17(16)13-19/h1-14H,15H2,(H,31,34)(H,32,33). The lowest BCUT2D eigenvalue weighted by atomic mass is 10.1. The van der Waals surface area contributed by atoms with Gasteiger partial charge in [0.15, 0.2) is 6.61 Å². The lowest BCUT2D eigenvalue weighted by molar-refractivity contribution is -0.137. The summed E-state index contributed by atoms with van der Waals surface area (Å²) in [6, 6.07) is 20.6. The molecule has 9 heteroatoms. The van der Waals surface area contributed by atoms with Crippen molar-refractivity contribution in [2.24, 2.45) is 0 Å². The fourth-order valence-electron chi connectivity index (χ4n) is 3.40. The van der Waals surface area contributed by atoms with E-state index in [0.29, 0.717) is 11.8 Å². The van der Waals surface area contributed by atoms with E-state index in [1.807, 2.05) is 24.3 Å². The van der Waals surface area contributed by atoms with Crippen LogP contribution >= 0.6 is 0 Å². The summed E-state index contributed by atoms with van der Waals surface area (Å²) >= 11 is 0. The number of halogens is 4. The number of alkyl halides is 3. The molecular weight excluding hydrogens is 464 g/mol. The molecule has 0 aliphatic carbocycles. The van der Waals surface area contributed by atoms with Crippen LogP contribution in [0.4, 0.5) is 28.9 Å². The Kier molecular flexibility index (Phi) is 6.68. The number of carbonyl (C=O) groups excluding carboxylic acids is 2. The Balaban J connectivity index is 1.46. The molecule has 35 heavy (non-hydrogen) atoms. The van der Waals surface area contributed by atoms with Crippen LogP contribution in [-0.2, 0) is 11.0 Å². The van der Waals surface area contributed by atoms with Crippen molar-refractivity contribution in [3.63, 3.8) is 0 Å². The summed E-state index contributed by atoms with van der Waals surface area (Å²) in [5.41, 5.74) is -2.21. The van der Waals surface area contributed by atoms with Gasteiger partial charge in [0.05, 0.1) is 16.8 Å². The summed E-state index contributed by atoms with van der Waals surface area (Å²) in [7, 11) is 0. The van der Waals surface area contributed by atoms with Crippen molar-refractivity contribution < 1.29 is 31.9 Å². The third kappa shape index (κ3) is 5.75. The van der Waals surface area contributed by atoms with E-state index in [0.717, 1.165) is 22.9 Å². The summed E-state index contributed by atoms with van der Waals surface area (Å²) in [5.74, 6) is -2.12. The monoisotopic (exact) mass is 482 g/mol. The van der Waals surface area contributed by atoms with Crippen molar-refractivity contribution >= 4 is 34.0 Å². The first kappa shape index (κ1) is 23.7. The van der Waals surface area contributed by atoms with E-state index in [4.69, 9.17) is 4.74 Å². The van der Waals surface area contributed by atoms with E-state index in [9.17, 15) is 27.2 Å². The number of anilines is 2. The smallest absolute Gasteiger partial charge is 0.418 e. The van der Waals surface area contributed by atoms with E-state index in [1.54, 1.807) is 18.2 Å². The number of benzene rings is 4. The van der Waals surface area contributed by atoms with Gasteiger partial charge >= 0.3 is 6.18 Å². The molecule has 0 aliphatic heterocycles. The summed E-state index contributed by atoms with van der Waals surface area (Å²) in [4.78, 5) is 24.5. The van der Waals surface area contributed by atoms with Gasteiger partial charge < -0.3 is 15.4 Å². The second-order valence-corrected chi connectivity index (χ2v) is 7.54. The summed E-state index contributed by atoms with van der Waals surface area (Å²) in [5, 5.41) is 6.29. The van der Waals surface area contributed by atoms with Crippen LogP contribution in [0.3, 0.4) is 0 Å². The van der Waals surface area contributed by atoms with Crippen molar-refractivity contribution in [3.8, 4) is 5.75 Å². The molecule has 2 N–H and O–H groups in total.